The largest absolute Gasteiger partial charge is 0.396 e. The third-order valence-corrected chi connectivity index (χ3v) is 4.42. The maximum atomic E-state index is 12.8. The molecule has 1 aromatic carbocycles. The van der Waals surface area contributed by atoms with Crippen LogP contribution in [-0.2, 0) is 13.0 Å². The molecular weight excluding hydrogens is 290 g/mol. The number of rotatable bonds is 5. The molecule has 0 fully saturated rings. The van der Waals surface area contributed by atoms with E-state index in [1.807, 2.05) is 24.3 Å². The first-order valence-electron chi connectivity index (χ1n) is 8.26. The molecule has 3 rings (SSSR count). The number of nitrogens with one attached hydrogen (secondary N) is 1. The summed E-state index contributed by atoms with van der Waals surface area (Å²) in [5, 5.41) is 12.8. The zero-order valence-electron chi connectivity index (χ0n) is 13.5. The van der Waals surface area contributed by atoms with Crippen LogP contribution in [0.2, 0.25) is 0 Å². The monoisotopic (exact) mass is 313 g/mol. The second-order valence-corrected chi connectivity index (χ2v) is 5.88. The van der Waals surface area contributed by atoms with Crippen LogP contribution in [0.15, 0.2) is 24.3 Å². The highest BCUT2D eigenvalue weighted by Gasteiger charge is 2.24. The summed E-state index contributed by atoms with van der Waals surface area (Å²) in [4.78, 5) is 19.9. The maximum absolute atomic E-state index is 12.8. The normalized spacial score (nSPS) is 14.7. The van der Waals surface area contributed by atoms with Gasteiger partial charge in [-0.15, -0.1) is 0 Å². The number of pyridine rings is 1. The van der Waals surface area contributed by atoms with E-state index in [4.69, 9.17) is 10.1 Å². The van der Waals surface area contributed by atoms with Crippen LogP contribution in [-0.4, -0.2) is 47.1 Å². The number of hydrogen-bond acceptors (Lipinski definition) is 4. The summed E-state index contributed by atoms with van der Waals surface area (Å²) in [6.07, 6.45) is 1.45. The van der Waals surface area contributed by atoms with E-state index in [1.54, 1.807) is 0 Å². The van der Waals surface area contributed by atoms with Gasteiger partial charge in [-0.05, 0) is 19.0 Å². The quantitative estimate of drug-likeness (QED) is 0.825. The van der Waals surface area contributed by atoms with Crippen molar-refractivity contribution in [3.8, 4) is 0 Å². The summed E-state index contributed by atoms with van der Waals surface area (Å²) in [6, 6.07) is 7.83. The Labute approximate surface area is 136 Å². The number of carbonyl (C=O) groups excluding carboxylic acids is 1. The number of aliphatic hydroxyl groups excluding tert-OH is 1. The number of para-hydroxylation sites is 1. The van der Waals surface area contributed by atoms with E-state index >= 15 is 0 Å². The van der Waals surface area contributed by atoms with Crippen molar-refractivity contribution >= 4 is 16.8 Å². The number of nitrogens with zero attached hydrogens (tertiary/aromatic N) is 2. The van der Waals surface area contributed by atoms with Gasteiger partial charge in [0, 0.05) is 49.3 Å². The standard InChI is InChI=1S/C18H23N3O2/c1-2-21-10-8-16-14(12-21)17(18(23)19-9-5-11-22)13-6-3-4-7-15(13)20-16/h3-4,6-7,22H,2,5,8-12H2,1H3,(H,19,23). The van der Waals surface area contributed by atoms with Gasteiger partial charge in [-0.25, -0.2) is 0 Å². The van der Waals surface area contributed by atoms with Gasteiger partial charge in [-0.1, -0.05) is 25.1 Å². The van der Waals surface area contributed by atoms with E-state index < -0.39 is 0 Å². The summed E-state index contributed by atoms with van der Waals surface area (Å²) in [5.74, 6) is -0.0637. The molecule has 0 spiro atoms. The molecule has 0 atom stereocenters. The van der Waals surface area contributed by atoms with Crippen LogP contribution in [0.3, 0.4) is 0 Å². The number of fused-ring (bicyclic) bond motifs is 2. The Morgan fingerprint density at radius 1 is 1.39 bits per heavy atom. The van der Waals surface area contributed by atoms with E-state index in [9.17, 15) is 4.79 Å². The van der Waals surface area contributed by atoms with Gasteiger partial charge >= 0.3 is 0 Å². The molecule has 0 saturated carbocycles. The second kappa shape index (κ2) is 7.06. The van der Waals surface area contributed by atoms with E-state index in [-0.39, 0.29) is 12.5 Å². The fourth-order valence-corrected chi connectivity index (χ4v) is 3.14. The maximum Gasteiger partial charge on any atom is 0.252 e. The van der Waals surface area contributed by atoms with Crippen molar-refractivity contribution in [2.24, 2.45) is 0 Å². The predicted octanol–water partition coefficient (Wildman–Crippen LogP) is 1.72. The molecule has 2 aromatic rings. The van der Waals surface area contributed by atoms with Crippen LogP contribution >= 0.6 is 0 Å². The molecule has 0 saturated heterocycles. The Bertz CT molecular complexity index is 715. The minimum Gasteiger partial charge on any atom is -0.396 e. The van der Waals surface area contributed by atoms with Crippen molar-refractivity contribution in [3.05, 3.63) is 41.1 Å². The van der Waals surface area contributed by atoms with Crippen LogP contribution in [0.1, 0.15) is 35.0 Å². The van der Waals surface area contributed by atoms with E-state index in [1.165, 1.54) is 0 Å². The molecule has 0 aliphatic carbocycles. The smallest absolute Gasteiger partial charge is 0.252 e. The molecule has 0 radical (unpaired) electrons. The van der Waals surface area contributed by atoms with Crippen LogP contribution in [0, 0.1) is 0 Å². The molecule has 5 nitrogen and oxygen atoms in total. The van der Waals surface area contributed by atoms with E-state index in [2.05, 4.69) is 17.1 Å². The topological polar surface area (TPSA) is 65.5 Å². The lowest BCUT2D eigenvalue weighted by molar-refractivity contribution is 0.0950. The number of hydrogen-bond donors (Lipinski definition) is 2. The summed E-state index contributed by atoms with van der Waals surface area (Å²) in [6.45, 7) is 5.43. The molecule has 122 valence electrons. The molecule has 2 heterocycles. The molecular formula is C18H23N3O2. The first-order valence-corrected chi connectivity index (χ1v) is 8.26. The summed E-state index contributed by atoms with van der Waals surface area (Å²) < 4.78 is 0. The third kappa shape index (κ3) is 3.21. The molecule has 0 unspecified atom stereocenters. The summed E-state index contributed by atoms with van der Waals surface area (Å²) in [5.41, 5.74) is 3.73. The fourth-order valence-electron chi connectivity index (χ4n) is 3.14. The van der Waals surface area contributed by atoms with Crippen molar-refractivity contribution in [3.63, 3.8) is 0 Å². The molecule has 0 bridgehead atoms. The number of aromatic nitrogens is 1. The average molecular weight is 313 g/mol. The first kappa shape index (κ1) is 15.9. The van der Waals surface area contributed by atoms with Crippen molar-refractivity contribution in [1.29, 1.82) is 0 Å². The lowest BCUT2D eigenvalue weighted by Gasteiger charge is -2.29. The Kier molecular flexibility index (Phi) is 4.88. The predicted molar refractivity (Wildman–Crippen MR) is 90.4 cm³/mol. The molecule has 1 amide bonds. The lowest BCUT2D eigenvalue weighted by atomic mass is 9.95. The van der Waals surface area contributed by atoms with Crippen LogP contribution in [0.25, 0.3) is 10.9 Å². The summed E-state index contributed by atoms with van der Waals surface area (Å²) >= 11 is 0. The van der Waals surface area contributed by atoms with Crippen LogP contribution < -0.4 is 5.32 Å². The molecule has 1 aliphatic heterocycles. The number of amides is 1. The average Bonchev–Trinajstić information content (AvgIpc) is 2.59. The van der Waals surface area contributed by atoms with E-state index in [0.717, 1.165) is 53.8 Å². The zero-order valence-corrected chi connectivity index (χ0v) is 13.5. The van der Waals surface area contributed by atoms with Gasteiger partial charge in [0.15, 0.2) is 0 Å². The number of carbonyl (C=O) groups is 1. The number of benzene rings is 1. The minimum absolute atomic E-state index is 0.0637. The number of aliphatic hydroxyl groups is 1. The fraction of sp³-hybridized carbons (Fsp3) is 0.444. The Morgan fingerprint density at radius 3 is 3.00 bits per heavy atom. The van der Waals surface area contributed by atoms with Gasteiger partial charge in [-0.2, -0.15) is 0 Å². The highest BCUT2D eigenvalue weighted by Crippen LogP contribution is 2.28. The highest BCUT2D eigenvalue weighted by atomic mass is 16.3. The Morgan fingerprint density at radius 2 is 2.22 bits per heavy atom. The van der Waals surface area contributed by atoms with Crippen LogP contribution in [0.4, 0.5) is 0 Å². The SMILES string of the molecule is CCN1CCc2nc3ccccc3c(C(=O)NCCCO)c2C1. The lowest BCUT2D eigenvalue weighted by Crippen LogP contribution is -2.34. The van der Waals surface area contributed by atoms with Crippen molar-refractivity contribution in [1.82, 2.24) is 15.2 Å². The van der Waals surface area contributed by atoms with Crippen molar-refractivity contribution < 1.29 is 9.90 Å². The Hall–Kier alpha value is -1.98. The van der Waals surface area contributed by atoms with Crippen molar-refractivity contribution in [2.75, 3.05) is 26.2 Å². The molecule has 2 N–H and O–H groups in total. The number of likely N-dealkylation sites (N-methyl/N-ethyl adjacent to an activating group) is 1. The van der Waals surface area contributed by atoms with Gasteiger partial charge in [0.2, 0.25) is 0 Å². The molecule has 1 aliphatic rings. The Balaban J connectivity index is 2.06. The molecule has 5 heteroatoms. The second-order valence-electron chi connectivity index (χ2n) is 5.88. The van der Waals surface area contributed by atoms with Gasteiger partial charge < -0.3 is 10.4 Å². The van der Waals surface area contributed by atoms with Crippen molar-refractivity contribution in [2.45, 2.75) is 26.3 Å². The van der Waals surface area contributed by atoms with Gasteiger partial charge in [0.05, 0.1) is 11.1 Å². The van der Waals surface area contributed by atoms with Crippen LogP contribution in [0.5, 0.6) is 0 Å². The van der Waals surface area contributed by atoms with Gasteiger partial charge in [0.25, 0.3) is 5.91 Å². The molecule has 23 heavy (non-hydrogen) atoms. The van der Waals surface area contributed by atoms with E-state index in [0.29, 0.717) is 13.0 Å². The minimum atomic E-state index is -0.0637. The first-order chi connectivity index (χ1) is 11.2. The molecule has 1 aromatic heterocycles. The summed E-state index contributed by atoms with van der Waals surface area (Å²) in [7, 11) is 0. The highest BCUT2D eigenvalue weighted by molar-refractivity contribution is 6.07. The zero-order chi connectivity index (χ0) is 16.2. The van der Waals surface area contributed by atoms with Gasteiger partial charge in [-0.3, -0.25) is 14.7 Å². The third-order valence-electron chi connectivity index (χ3n) is 4.42. The van der Waals surface area contributed by atoms with Gasteiger partial charge in [0.1, 0.15) is 0 Å².